The van der Waals surface area contributed by atoms with Crippen LogP contribution in [0.3, 0.4) is 0 Å². The van der Waals surface area contributed by atoms with E-state index in [2.05, 4.69) is 49.4 Å². The monoisotopic (exact) mass is 301 g/mol. The Morgan fingerprint density at radius 2 is 1.90 bits per heavy atom. The molecule has 1 atom stereocenters. The zero-order valence-electron chi connectivity index (χ0n) is 12.7. The summed E-state index contributed by atoms with van der Waals surface area (Å²) < 4.78 is 5.94. The van der Waals surface area contributed by atoms with E-state index in [4.69, 9.17) is 10.5 Å². The Bertz CT molecular complexity index is 554. The summed E-state index contributed by atoms with van der Waals surface area (Å²) in [5.74, 6) is 1.90. The fourth-order valence-corrected chi connectivity index (χ4v) is 2.94. The van der Waals surface area contributed by atoms with Gasteiger partial charge >= 0.3 is 0 Å². The molecule has 0 saturated carbocycles. The predicted molar refractivity (Wildman–Crippen MR) is 91.2 cm³/mol. The van der Waals surface area contributed by atoms with Crippen LogP contribution in [0.2, 0.25) is 0 Å². The first-order chi connectivity index (χ1) is 10.1. The first-order valence-corrected chi connectivity index (χ1v) is 8.29. The van der Waals surface area contributed by atoms with Crippen LogP contribution in [0.1, 0.15) is 18.1 Å². The summed E-state index contributed by atoms with van der Waals surface area (Å²) in [7, 11) is 0. The Balaban J connectivity index is 1.87. The van der Waals surface area contributed by atoms with Crippen LogP contribution in [0, 0.1) is 6.92 Å². The lowest BCUT2D eigenvalue weighted by Crippen LogP contribution is -2.18. The summed E-state index contributed by atoms with van der Waals surface area (Å²) in [6, 6.07) is 16.9. The van der Waals surface area contributed by atoms with E-state index in [0.29, 0.717) is 6.61 Å². The van der Waals surface area contributed by atoms with Crippen LogP contribution >= 0.6 is 11.8 Å². The van der Waals surface area contributed by atoms with Crippen molar-refractivity contribution in [2.45, 2.75) is 31.2 Å². The molecule has 0 aromatic heterocycles. The maximum Gasteiger partial charge on any atom is 0.122 e. The lowest BCUT2D eigenvalue weighted by atomic mass is 10.0. The number of hydrogen-bond donors (Lipinski definition) is 1. The van der Waals surface area contributed by atoms with Crippen molar-refractivity contribution in [3.63, 3.8) is 0 Å². The number of benzene rings is 2. The number of ether oxygens (including phenoxy) is 1. The van der Waals surface area contributed by atoms with Crippen LogP contribution in [0.25, 0.3) is 0 Å². The van der Waals surface area contributed by atoms with Crippen LogP contribution in [0.15, 0.2) is 53.4 Å². The molecule has 2 N–H and O–H groups in total. The molecule has 0 aliphatic carbocycles. The van der Waals surface area contributed by atoms with E-state index in [1.54, 1.807) is 0 Å². The zero-order chi connectivity index (χ0) is 15.1. The number of thioether (sulfide) groups is 1. The van der Waals surface area contributed by atoms with Gasteiger partial charge in [0.15, 0.2) is 0 Å². The van der Waals surface area contributed by atoms with Crippen molar-refractivity contribution in [1.29, 1.82) is 0 Å². The van der Waals surface area contributed by atoms with Crippen molar-refractivity contribution in [2.24, 2.45) is 5.73 Å². The van der Waals surface area contributed by atoms with Gasteiger partial charge in [-0.3, -0.25) is 0 Å². The molecule has 0 bridgehead atoms. The van der Waals surface area contributed by atoms with Crippen molar-refractivity contribution >= 4 is 11.8 Å². The van der Waals surface area contributed by atoms with Crippen LogP contribution in [0.5, 0.6) is 5.75 Å². The quantitative estimate of drug-likeness (QED) is 0.619. The topological polar surface area (TPSA) is 35.2 Å². The maximum absolute atomic E-state index is 5.94. The highest BCUT2D eigenvalue weighted by Gasteiger charge is 2.06. The maximum atomic E-state index is 5.94. The molecule has 1 unspecified atom stereocenters. The molecule has 2 aromatic rings. The lowest BCUT2D eigenvalue weighted by Gasteiger charge is -2.14. The standard InChI is InChI=1S/C18H23NOS/c1-14-8-9-18(16(12-14)13-15(2)19)20-10-11-21-17-6-4-3-5-7-17/h3-9,12,15H,10-11,13,19H2,1-2H3. The van der Waals surface area contributed by atoms with Crippen molar-refractivity contribution in [2.75, 3.05) is 12.4 Å². The number of hydrogen-bond acceptors (Lipinski definition) is 3. The van der Waals surface area contributed by atoms with E-state index in [9.17, 15) is 0 Å². The molecule has 0 aliphatic heterocycles. The third-order valence-electron chi connectivity index (χ3n) is 3.11. The molecule has 2 aromatic carbocycles. The van der Waals surface area contributed by atoms with Gasteiger partial charge < -0.3 is 10.5 Å². The zero-order valence-corrected chi connectivity index (χ0v) is 13.5. The Hall–Kier alpha value is -1.45. The van der Waals surface area contributed by atoms with Crippen LogP contribution in [0.4, 0.5) is 0 Å². The van der Waals surface area contributed by atoms with Crippen LogP contribution < -0.4 is 10.5 Å². The van der Waals surface area contributed by atoms with E-state index < -0.39 is 0 Å². The Labute approximate surface area is 131 Å². The van der Waals surface area contributed by atoms with Crippen LogP contribution in [-0.2, 0) is 6.42 Å². The molecule has 0 radical (unpaired) electrons. The predicted octanol–water partition coefficient (Wildman–Crippen LogP) is 4.06. The van der Waals surface area contributed by atoms with Crippen molar-refractivity contribution in [1.82, 2.24) is 0 Å². The molecular weight excluding hydrogens is 278 g/mol. The SMILES string of the molecule is Cc1ccc(OCCSc2ccccc2)c(CC(C)N)c1. The Kier molecular flexibility index (Phi) is 6.15. The van der Waals surface area contributed by atoms with E-state index >= 15 is 0 Å². The Morgan fingerprint density at radius 3 is 2.62 bits per heavy atom. The van der Waals surface area contributed by atoms with Gasteiger partial charge in [0.25, 0.3) is 0 Å². The molecule has 0 saturated heterocycles. The van der Waals surface area contributed by atoms with Gasteiger partial charge in [-0.2, -0.15) is 0 Å². The molecule has 2 rings (SSSR count). The summed E-state index contributed by atoms with van der Waals surface area (Å²) in [4.78, 5) is 1.28. The first kappa shape index (κ1) is 15.9. The number of aryl methyl sites for hydroxylation is 1. The second kappa shape index (κ2) is 8.11. The third-order valence-corrected chi connectivity index (χ3v) is 4.09. The largest absolute Gasteiger partial charge is 0.492 e. The van der Waals surface area contributed by atoms with Gasteiger partial charge in [0, 0.05) is 16.7 Å². The molecule has 0 fully saturated rings. The van der Waals surface area contributed by atoms with E-state index in [1.165, 1.54) is 16.0 Å². The van der Waals surface area contributed by atoms with Gasteiger partial charge in [0.1, 0.15) is 5.75 Å². The molecule has 0 amide bonds. The third kappa shape index (κ3) is 5.44. The minimum absolute atomic E-state index is 0.146. The van der Waals surface area contributed by atoms with E-state index in [-0.39, 0.29) is 6.04 Å². The fourth-order valence-electron chi connectivity index (χ4n) is 2.18. The second-order valence-corrected chi connectivity index (χ2v) is 6.47. The number of rotatable bonds is 7. The normalized spacial score (nSPS) is 12.1. The van der Waals surface area contributed by atoms with Crippen LogP contribution in [-0.4, -0.2) is 18.4 Å². The molecule has 3 heteroatoms. The van der Waals surface area contributed by atoms with E-state index in [0.717, 1.165) is 17.9 Å². The molecule has 0 spiro atoms. The average molecular weight is 301 g/mol. The summed E-state index contributed by atoms with van der Waals surface area (Å²) in [6.07, 6.45) is 0.850. The van der Waals surface area contributed by atoms with Crippen molar-refractivity contribution in [3.05, 3.63) is 59.7 Å². The van der Waals surface area contributed by atoms with Gasteiger partial charge in [-0.15, -0.1) is 11.8 Å². The molecule has 0 heterocycles. The summed E-state index contributed by atoms with van der Waals surface area (Å²) in [6.45, 7) is 4.83. The minimum atomic E-state index is 0.146. The van der Waals surface area contributed by atoms with Crippen molar-refractivity contribution in [3.8, 4) is 5.75 Å². The minimum Gasteiger partial charge on any atom is -0.492 e. The smallest absolute Gasteiger partial charge is 0.122 e. The molecule has 112 valence electrons. The second-order valence-electron chi connectivity index (χ2n) is 5.30. The van der Waals surface area contributed by atoms with Gasteiger partial charge in [0.2, 0.25) is 0 Å². The average Bonchev–Trinajstić information content (AvgIpc) is 2.46. The Morgan fingerprint density at radius 1 is 1.14 bits per heavy atom. The summed E-state index contributed by atoms with van der Waals surface area (Å²) in [5.41, 5.74) is 8.36. The van der Waals surface area contributed by atoms with E-state index in [1.807, 2.05) is 24.8 Å². The molecule has 0 aliphatic rings. The first-order valence-electron chi connectivity index (χ1n) is 7.31. The van der Waals surface area contributed by atoms with Gasteiger partial charge in [-0.1, -0.05) is 35.9 Å². The van der Waals surface area contributed by atoms with Gasteiger partial charge in [0.05, 0.1) is 6.61 Å². The fraction of sp³-hybridized carbons (Fsp3) is 0.333. The lowest BCUT2D eigenvalue weighted by molar-refractivity contribution is 0.339. The van der Waals surface area contributed by atoms with Gasteiger partial charge in [-0.25, -0.2) is 0 Å². The number of nitrogens with two attached hydrogens (primary N) is 1. The highest BCUT2D eigenvalue weighted by molar-refractivity contribution is 7.99. The summed E-state index contributed by atoms with van der Waals surface area (Å²) >= 11 is 1.81. The molecular formula is C18H23NOS. The van der Waals surface area contributed by atoms with Crippen molar-refractivity contribution < 1.29 is 4.74 Å². The van der Waals surface area contributed by atoms with Gasteiger partial charge in [-0.05, 0) is 44.0 Å². The summed E-state index contributed by atoms with van der Waals surface area (Å²) in [5, 5.41) is 0. The molecule has 21 heavy (non-hydrogen) atoms. The molecule has 2 nitrogen and oxygen atoms in total. The highest BCUT2D eigenvalue weighted by Crippen LogP contribution is 2.22. The highest BCUT2D eigenvalue weighted by atomic mass is 32.2.